The minimum Gasteiger partial charge on any atom is -0.507 e. The number of phenolic OH excluding ortho intramolecular Hbond substituents is 1. The predicted octanol–water partition coefficient (Wildman–Crippen LogP) is 2.69. The van der Waals surface area contributed by atoms with E-state index >= 15 is 0 Å². The van der Waals surface area contributed by atoms with Gasteiger partial charge in [0, 0.05) is 32.9 Å². The Morgan fingerprint density at radius 2 is 1.97 bits per heavy atom. The summed E-state index contributed by atoms with van der Waals surface area (Å²) in [5.41, 5.74) is 1.62. The Hall–Kier alpha value is -3.72. The summed E-state index contributed by atoms with van der Waals surface area (Å²) in [6.45, 7) is 1.89. The number of aromatic hydroxyl groups is 1. The number of hydrogen-bond acceptors (Lipinski definition) is 8. The monoisotopic (exact) mass is 468 g/mol. The van der Waals surface area contributed by atoms with E-state index in [4.69, 9.17) is 14.2 Å². The van der Waals surface area contributed by atoms with Gasteiger partial charge in [-0.2, -0.15) is 0 Å². The van der Waals surface area contributed by atoms with E-state index in [0.29, 0.717) is 43.1 Å². The van der Waals surface area contributed by atoms with E-state index in [1.54, 1.807) is 37.4 Å². The zero-order valence-corrected chi connectivity index (χ0v) is 19.4. The number of fused-ring (bicyclic) bond motifs is 1. The van der Waals surface area contributed by atoms with E-state index in [2.05, 4.69) is 0 Å². The number of anilines is 1. The van der Waals surface area contributed by atoms with Gasteiger partial charge in [-0.05, 0) is 42.3 Å². The number of carbonyl (C=O) groups excluding carboxylic acids is 2. The van der Waals surface area contributed by atoms with Crippen LogP contribution in [0.4, 0.5) is 5.69 Å². The molecular formula is C25H28N2O7. The lowest BCUT2D eigenvalue weighted by atomic mass is 9.94. The molecule has 1 atom stereocenters. The number of amides is 1. The van der Waals surface area contributed by atoms with E-state index < -0.39 is 17.7 Å². The highest BCUT2D eigenvalue weighted by atomic mass is 16.5. The van der Waals surface area contributed by atoms with Gasteiger partial charge in [0.2, 0.25) is 0 Å². The molecule has 0 aliphatic carbocycles. The van der Waals surface area contributed by atoms with Crippen LogP contribution in [0.5, 0.6) is 17.2 Å². The maximum absolute atomic E-state index is 13.1. The summed E-state index contributed by atoms with van der Waals surface area (Å²) in [6, 6.07) is 8.94. The van der Waals surface area contributed by atoms with Crippen LogP contribution in [-0.2, 0) is 14.3 Å². The lowest BCUT2D eigenvalue weighted by Crippen LogP contribution is -2.31. The number of likely N-dealkylation sites (N-methyl/N-ethyl adjacent to an activating group) is 1. The summed E-state index contributed by atoms with van der Waals surface area (Å²) in [7, 11) is 4.91. The fourth-order valence-electron chi connectivity index (χ4n) is 4.37. The van der Waals surface area contributed by atoms with Crippen molar-refractivity contribution in [2.75, 3.05) is 52.5 Å². The van der Waals surface area contributed by atoms with Crippen molar-refractivity contribution in [3.05, 3.63) is 53.1 Å². The first kappa shape index (κ1) is 23.4. The van der Waals surface area contributed by atoms with Gasteiger partial charge < -0.3 is 34.2 Å². The number of nitrogens with zero attached hydrogens (tertiary/aromatic N) is 2. The largest absolute Gasteiger partial charge is 0.507 e. The van der Waals surface area contributed by atoms with Crippen molar-refractivity contribution >= 4 is 23.1 Å². The Morgan fingerprint density at radius 1 is 1.18 bits per heavy atom. The molecule has 2 aliphatic heterocycles. The molecular weight excluding hydrogens is 440 g/mol. The molecule has 2 aliphatic rings. The molecule has 180 valence electrons. The number of rotatable bonds is 7. The number of hydrogen-bond donors (Lipinski definition) is 2. The van der Waals surface area contributed by atoms with Crippen molar-refractivity contribution in [2.24, 2.45) is 0 Å². The van der Waals surface area contributed by atoms with Crippen molar-refractivity contribution in [1.29, 1.82) is 0 Å². The summed E-state index contributed by atoms with van der Waals surface area (Å²) < 4.78 is 15.9. The molecule has 0 bridgehead atoms. The summed E-state index contributed by atoms with van der Waals surface area (Å²) in [5.74, 6) is -0.960. The summed E-state index contributed by atoms with van der Waals surface area (Å²) in [4.78, 5) is 29.5. The summed E-state index contributed by atoms with van der Waals surface area (Å²) in [5, 5.41) is 21.7. The van der Waals surface area contributed by atoms with Gasteiger partial charge in [-0.15, -0.1) is 0 Å². The molecule has 9 heteroatoms. The number of ether oxygens (including phenoxy) is 3. The lowest BCUT2D eigenvalue weighted by Gasteiger charge is -2.28. The Bertz CT molecular complexity index is 1140. The molecule has 2 aromatic carbocycles. The number of Topliss-reactive ketones (excluding diaryl/α,β-unsaturated/α-hetero) is 1. The van der Waals surface area contributed by atoms with Crippen molar-refractivity contribution < 1.29 is 34.0 Å². The quantitative estimate of drug-likeness (QED) is 0.276. The third kappa shape index (κ3) is 4.14. The molecule has 1 unspecified atom stereocenters. The number of ketones is 1. The molecule has 34 heavy (non-hydrogen) atoms. The van der Waals surface area contributed by atoms with Crippen molar-refractivity contribution in [2.45, 2.75) is 12.5 Å². The van der Waals surface area contributed by atoms with Crippen LogP contribution >= 0.6 is 0 Å². The molecule has 1 amide bonds. The maximum atomic E-state index is 13.1. The fraction of sp³-hybridized carbons (Fsp3) is 0.360. The second-order valence-corrected chi connectivity index (χ2v) is 8.22. The average molecular weight is 469 g/mol. The van der Waals surface area contributed by atoms with Gasteiger partial charge in [-0.1, -0.05) is 6.07 Å². The molecule has 9 nitrogen and oxygen atoms in total. The van der Waals surface area contributed by atoms with Crippen molar-refractivity contribution in [3.63, 3.8) is 0 Å². The van der Waals surface area contributed by atoms with Gasteiger partial charge in [0.25, 0.3) is 11.7 Å². The summed E-state index contributed by atoms with van der Waals surface area (Å²) in [6.07, 6.45) is 0.503. The van der Waals surface area contributed by atoms with Crippen LogP contribution in [0.3, 0.4) is 0 Å². The normalized spacial score (nSPS) is 19.2. The Labute approximate surface area is 197 Å². The Balaban J connectivity index is 1.83. The smallest absolute Gasteiger partial charge is 0.295 e. The fourth-order valence-corrected chi connectivity index (χ4v) is 4.37. The standard InChI is InChI=1S/C25H28N2O7/c1-26-10-12-34-19-7-6-16(13-17(19)26)23(29)21-22(15-5-8-20(33-3)18(28)14-15)27(9-4-11-32-2)25(31)24(21)30/h5-8,13-14,22,28-29H,4,9-12H2,1-3H3/b23-21-. The molecule has 2 aromatic rings. The van der Waals surface area contributed by atoms with Gasteiger partial charge in [-0.25, -0.2) is 0 Å². The van der Waals surface area contributed by atoms with Crippen molar-refractivity contribution in [1.82, 2.24) is 4.90 Å². The van der Waals surface area contributed by atoms with E-state index in [9.17, 15) is 19.8 Å². The van der Waals surface area contributed by atoms with Crippen LogP contribution in [0.2, 0.25) is 0 Å². The average Bonchev–Trinajstić information content (AvgIpc) is 3.09. The van der Waals surface area contributed by atoms with Crippen LogP contribution < -0.4 is 14.4 Å². The molecule has 2 N–H and O–H groups in total. The maximum Gasteiger partial charge on any atom is 0.295 e. The third-order valence-corrected chi connectivity index (χ3v) is 6.13. The molecule has 1 fully saturated rings. The highest BCUT2D eigenvalue weighted by Gasteiger charge is 2.46. The number of phenols is 1. The third-order valence-electron chi connectivity index (χ3n) is 6.13. The second kappa shape index (κ2) is 9.64. The van der Waals surface area contributed by atoms with Gasteiger partial charge in [0.1, 0.15) is 18.1 Å². The molecule has 1 saturated heterocycles. The van der Waals surface area contributed by atoms with Crippen LogP contribution in [-0.4, -0.2) is 74.4 Å². The van der Waals surface area contributed by atoms with Crippen LogP contribution in [0, 0.1) is 0 Å². The van der Waals surface area contributed by atoms with E-state index in [1.807, 2.05) is 11.9 Å². The molecule has 0 spiro atoms. The first-order chi connectivity index (χ1) is 16.4. The van der Waals surface area contributed by atoms with E-state index in [-0.39, 0.29) is 29.4 Å². The van der Waals surface area contributed by atoms with Crippen LogP contribution in [0.15, 0.2) is 42.0 Å². The van der Waals surface area contributed by atoms with E-state index in [1.165, 1.54) is 18.1 Å². The van der Waals surface area contributed by atoms with Crippen molar-refractivity contribution in [3.8, 4) is 17.2 Å². The highest BCUT2D eigenvalue weighted by molar-refractivity contribution is 6.46. The van der Waals surface area contributed by atoms with Crippen LogP contribution in [0.1, 0.15) is 23.6 Å². The van der Waals surface area contributed by atoms with Gasteiger partial charge in [0.15, 0.2) is 11.5 Å². The number of carbonyl (C=O) groups is 2. The number of likely N-dealkylation sites (tertiary alicyclic amines) is 1. The zero-order chi connectivity index (χ0) is 24.4. The highest BCUT2D eigenvalue weighted by Crippen LogP contribution is 2.43. The first-order valence-corrected chi connectivity index (χ1v) is 11.0. The Kier molecular flexibility index (Phi) is 6.65. The number of aliphatic hydroxyl groups excluding tert-OH is 1. The number of benzene rings is 2. The van der Waals surface area contributed by atoms with Gasteiger partial charge in [0.05, 0.1) is 31.0 Å². The Morgan fingerprint density at radius 3 is 2.68 bits per heavy atom. The number of methoxy groups -OCH3 is 2. The molecule has 0 radical (unpaired) electrons. The predicted molar refractivity (Wildman–Crippen MR) is 125 cm³/mol. The van der Waals surface area contributed by atoms with E-state index in [0.717, 1.165) is 5.69 Å². The molecule has 4 rings (SSSR count). The topological polar surface area (TPSA) is 109 Å². The molecule has 0 aromatic heterocycles. The molecule has 2 heterocycles. The lowest BCUT2D eigenvalue weighted by molar-refractivity contribution is -0.140. The number of aliphatic hydroxyl groups is 1. The minimum atomic E-state index is -0.876. The zero-order valence-electron chi connectivity index (χ0n) is 19.4. The summed E-state index contributed by atoms with van der Waals surface area (Å²) >= 11 is 0. The van der Waals surface area contributed by atoms with Crippen LogP contribution in [0.25, 0.3) is 5.76 Å². The van der Waals surface area contributed by atoms with Gasteiger partial charge >= 0.3 is 0 Å². The molecule has 0 saturated carbocycles. The second-order valence-electron chi connectivity index (χ2n) is 8.22. The van der Waals surface area contributed by atoms with Gasteiger partial charge in [-0.3, -0.25) is 9.59 Å². The first-order valence-electron chi connectivity index (χ1n) is 11.0. The SMILES string of the molecule is COCCCN1C(=O)C(=O)/C(=C(\O)c2ccc3c(c2)N(C)CCO3)C1c1ccc(OC)c(O)c1. The minimum absolute atomic E-state index is 0.0358.